The zero-order valence-corrected chi connectivity index (χ0v) is 15.7. The van der Waals surface area contributed by atoms with Crippen LogP contribution in [0.4, 0.5) is 30.8 Å². The van der Waals surface area contributed by atoms with E-state index in [1.54, 1.807) is 24.3 Å². The number of rotatable bonds is 4. The molecule has 0 spiro atoms. The Morgan fingerprint density at radius 2 is 1.73 bits per heavy atom. The van der Waals surface area contributed by atoms with E-state index in [-0.39, 0.29) is 34.9 Å². The molecule has 0 aliphatic heterocycles. The van der Waals surface area contributed by atoms with Crippen molar-refractivity contribution in [3.8, 4) is 11.1 Å². The quantitative estimate of drug-likeness (QED) is 0.410. The molecule has 0 aliphatic carbocycles. The van der Waals surface area contributed by atoms with Crippen molar-refractivity contribution in [1.82, 2.24) is 10.2 Å². The molecule has 7 nitrogen and oxygen atoms in total. The number of urea groups is 1. The summed E-state index contributed by atoms with van der Waals surface area (Å²) in [6, 6.07) is 12.6. The maximum atomic E-state index is 15.1. The number of hydrogen-bond acceptors (Lipinski definition) is 4. The fourth-order valence-electron chi connectivity index (χ4n) is 3.44. The third-order valence-electron chi connectivity index (χ3n) is 4.85. The first-order valence-corrected chi connectivity index (χ1v) is 9.01. The van der Waals surface area contributed by atoms with Gasteiger partial charge >= 0.3 is 6.03 Å². The van der Waals surface area contributed by atoms with Crippen molar-refractivity contribution >= 4 is 34.1 Å². The molecule has 152 valence electrons. The van der Waals surface area contributed by atoms with Gasteiger partial charge in [-0.05, 0) is 48.0 Å². The highest BCUT2D eigenvalue weighted by molar-refractivity contribution is 6.02. The molecule has 0 bridgehead atoms. The van der Waals surface area contributed by atoms with Gasteiger partial charge in [-0.25, -0.2) is 13.6 Å². The van der Waals surface area contributed by atoms with E-state index in [2.05, 4.69) is 10.2 Å². The molecule has 2 amide bonds. The summed E-state index contributed by atoms with van der Waals surface area (Å²) < 4.78 is 28.9. The first kappa shape index (κ1) is 19.3. The molecule has 0 saturated heterocycles. The van der Waals surface area contributed by atoms with E-state index in [1.165, 1.54) is 30.3 Å². The number of aromatic amines is 1. The second-order valence-corrected chi connectivity index (χ2v) is 6.65. The molecule has 0 saturated carbocycles. The molecule has 7 N–H and O–H groups in total. The third-order valence-corrected chi connectivity index (χ3v) is 4.85. The number of H-pyrrole nitrogens is 1. The minimum absolute atomic E-state index is 0.0598. The van der Waals surface area contributed by atoms with Crippen molar-refractivity contribution in [3.05, 3.63) is 71.8 Å². The van der Waals surface area contributed by atoms with Crippen LogP contribution in [0.25, 0.3) is 22.0 Å². The van der Waals surface area contributed by atoms with Gasteiger partial charge in [0.1, 0.15) is 11.6 Å². The predicted octanol–water partition coefficient (Wildman–Crippen LogP) is 3.77. The van der Waals surface area contributed by atoms with Crippen molar-refractivity contribution in [2.24, 2.45) is 11.5 Å². The number of halogens is 2. The monoisotopic (exact) mass is 408 g/mol. The Bertz CT molecular complexity index is 1270. The van der Waals surface area contributed by atoms with Gasteiger partial charge in [-0.15, -0.1) is 0 Å². The predicted molar refractivity (Wildman–Crippen MR) is 112 cm³/mol. The lowest BCUT2D eigenvalue weighted by molar-refractivity contribution is 0.256. The molecule has 0 radical (unpaired) electrons. The van der Waals surface area contributed by atoms with Gasteiger partial charge < -0.3 is 17.2 Å². The van der Waals surface area contributed by atoms with Gasteiger partial charge in [-0.2, -0.15) is 5.10 Å². The number of nitrogens with one attached hydrogen (secondary N) is 1. The van der Waals surface area contributed by atoms with E-state index in [4.69, 9.17) is 17.2 Å². The lowest BCUT2D eigenvalue weighted by Crippen LogP contribution is -2.31. The number of carbonyl (C=O) groups excluding carboxylic acids is 1. The standard InChI is InChI=1S/C21H18F2N6O/c22-16-7-5-12(8-11(16)10-24)29(21(26)30)13-4-6-14(17(23)9-13)15-2-1-3-18-19(15)20(25)28-27-18/h1-9H,10,24H2,(H2,26,30)(H3,25,27,28). The van der Waals surface area contributed by atoms with Crippen LogP contribution in [-0.4, -0.2) is 16.2 Å². The first-order valence-electron chi connectivity index (χ1n) is 9.01. The number of carbonyl (C=O) groups is 1. The van der Waals surface area contributed by atoms with Crippen LogP contribution >= 0.6 is 0 Å². The number of nitrogens with zero attached hydrogens (tertiary/aromatic N) is 2. The average molecular weight is 408 g/mol. The molecular formula is C21H18F2N6O. The van der Waals surface area contributed by atoms with E-state index in [0.29, 0.717) is 16.5 Å². The zero-order chi connectivity index (χ0) is 21.4. The highest BCUT2D eigenvalue weighted by Crippen LogP contribution is 2.35. The van der Waals surface area contributed by atoms with E-state index in [1.807, 2.05) is 0 Å². The SMILES string of the molecule is NCc1cc(N(C(N)=O)c2ccc(-c3cccc4[nH]nc(N)c34)c(F)c2)ccc1F. The molecule has 30 heavy (non-hydrogen) atoms. The zero-order valence-electron chi connectivity index (χ0n) is 15.7. The Kier molecular flexibility index (Phi) is 4.80. The highest BCUT2D eigenvalue weighted by Gasteiger charge is 2.20. The largest absolute Gasteiger partial charge is 0.382 e. The Balaban J connectivity index is 1.81. The summed E-state index contributed by atoms with van der Waals surface area (Å²) in [4.78, 5) is 13.2. The number of hydrogen-bond donors (Lipinski definition) is 4. The summed E-state index contributed by atoms with van der Waals surface area (Å²) in [7, 11) is 0. The van der Waals surface area contributed by atoms with E-state index in [9.17, 15) is 9.18 Å². The topological polar surface area (TPSA) is 127 Å². The molecule has 1 heterocycles. The molecule has 3 aromatic carbocycles. The molecule has 4 rings (SSSR count). The second-order valence-electron chi connectivity index (χ2n) is 6.65. The third kappa shape index (κ3) is 3.20. The first-order chi connectivity index (χ1) is 14.4. The van der Waals surface area contributed by atoms with Crippen LogP contribution in [0.15, 0.2) is 54.6 Å². The summed E-state index contributed by atoms with van der Waals surface area (Å²) in [6.45, 7) is -0.0598. The molecule has 1 aromatic heterocycles. The van der Waals surface area contributed by atoms with E-state index < -0.39 is 17.7 Å². The van der Waals surface area contributed by atoms with Gasteiger partial charge in [-0.3, -0.25) is 10.00 Å². The van der Waals surface area contributed by atoms with Crippen LogP contribution in [0.2, 0.25) is 0 Å². The Morgan fingerprint density at radius 1 is 1.00 bits per heavy atom. The fraction of sp³-hybridized carbons (Fsp3) is 0.0476. The van der Waals surface area contributed by atoms with Crippen LogP contribution in [0, 0.1) is 11.6 Å². The molecule has 0 fully saturated rings. The van der Waals surface area contributed by atoms with Gasteiger partial charge in [0.25, 0.3) is 0 Å². The van der Waals surface area contributed by atoms with Gasteiger partial charge in [0.05, 0.1) is 22.3 Å². The van der Waals surface area contributed by atoms with Crippen molar-refractivity contribution in [2.45, 2.75) is 6.54 Å². The maximum Gasteiger partial charge on any atom is 0.323 e. The van der Waals surface area contributed by atoms with Gasteiger partial charge in [0.15, 0.2) is 5.82 Å². The van der Waals surface area contributed by atoms with Crippen LogP contribution in [0.5, 0.6) is 0 Å². The molecule has 9 heteroatoms. The fourth-order valence-corrected chi connectivity index (χ4v) is 3.44. The van der Waals surface area contributed by atoms with Gasteiger partial charge in [0.2, 0.25) is 0 Å². The van der Waals surface area contributed by atoms with Crippen LogP contribution in [-0.2, 0) is 6.54 Å². The average Bonchev–Trinajstić information content (AvgIpc) is 3.10. The lowest BCUT2D eigenvalue weighted by Gasteiger charge is -2.22. The normalized spacial score (nSPS) is 11.0. The number of nitrogens with two attached hydrogens (primary N) is 3. The molecular weight excluding hydrogens is 390 g/mol. The van der Waals surface area contributed by atoms with Crippen LogP contribution in [0.3, 0.4) is 0 Å². The summed E-state index contributed by atoms with van der Waals surface area (Å²) >= 11 is 0. The number of fused-ring (bicyclic) bond motifs is 1. The molecule has 0 aliphatic rings. The summed E-state index contributed by atoms with van der Waals surface area (Å²) in [6.07, 6.45) is 0. The van der Waals surface area contributed by atoms with Gasteiger partial charge in [-0.1, -0.05) is 12.1 Å². The minimum Gasteiger partial charge on any atom is -0.382 e. The summed E-state index contributed by atoms with van der Waals surface area (Å²) in [5, 5.41) is 7.35. The van der Waals surface area contributed by atoms with Crippen molar-refractivity contribution in [3.63, 3.8) is 0 Å². The summed E-state index contributed by atoms with van der Waals surface area (Å²) in [5.41, 5.74) is 19.2. The Morgan fingerprint density at radius 3 is 2.43 bits per heavy atom. The maximum absolute atomic E-state index is 15.1. The van der Waals surface area contributed by atoms with Crippen molar-refractivity contribution in [1.29, 1.82) is 0 Å². The summed E-state index contributed by atoms with van der Waals surface area (Å²) in [5.74, 6) is -0.838. The molecule has 0 unspecified atom stereocenters. The minimum atomic E-state index is -0.849. The van der Waals surface area contributed by atoms with Crippen LogP contribution in [0.1, 0.15) is 5.56 Å². The van der Waals surface area contributed by atoms with Crippen molar-refractivity contribution < 1.29 is 13.6 Å². The van der Waals surface area contributed by atoms with Crippen LogP contribution < -0.4 is 22.1 Å². The molecule has 4 aromatic rings. The Labute approximate surface area is 170 Å². The lowest BCUT2D eigenvalue weighted by atomic mass is 10.00. The smallest absolute Gasteiger partial charge is 0.323 e. The number of primary amides is 1. The highest BCUT2D eigenvalue weighted by atomic mass is 19.1. The van der Waals surface area contributed by atoms with Gasteiger partial charge in [0, 0.05) is 17.7 Å². The number of amides is 2. The molecule has 0 atom stereocenters. The number of benzene rings is 3. The number of anilines is 3. The van der Waals surface area contributed by atoms with E-state index in [0.717, 1.165) is 4.90 Å². The second kappa shape index (κ2) is 7.45. The Hall–Kier alpha value is -3.98. The van der Waals surface area contributed by atoms with E-state index >= 15 is 4.39 Å². The van der Waals surface area contributed by atoms with Crippen molar-refractivity contribution in [2.75, 3.05) is 10.6 Å². The number of nitrogen functional groups attached to an aromatic ring is 1. The number of aromatic nitrogens is 2.